The molecule has 140 valence electrons. The molecule has 2 aromatic heterocycles. The van der Waals surface area contributed by atoms with E-state index in [2.05, 4.69) is 55.8 Å². The molecule has 0 amide bonds. The summed E-state index contributed by atoms with van der Waals surface area (Å²) in [5.41, 5.74) is 3.46. The van der Waals surface area contributed by atoms with Crippen LogP contribution in [0.2, 0.25) is 5.15 Å². The highest BCUT2D eigenvalue weighted by Gasteiger charge is 2.21. The maximum Gasteiger partial charge on any atom is 0.232 e. The van der Waals surface area contributed by atoms with E-state index in [0.29, 0.717) is 5.15 Å². The summed E-state index contributed by atoms with van der Waals surface area (Å²) in [5.74, 6) is 1.71. The van der Waals surface area contributed by atoms with Gasteiger partial charge in [0.2, 0.25) is 5.95 Å². The van der Waals surface area contributed by atoms with E-state index >= 15 is 0 Å². The fourth-order valence-electron chi connectivity index (χ4n) is 3.25. The number of nitrogens with zero attached hydrogens (tertiary/aromatic N) is 5. The average molecular weight is 400 g/mol. The quantitative estimate of drug-likeness (QED) is 0.450. The number of anilines is 1. The molecule has 1 aliphatic heterocycles. The lowest BCUT2D eigenvalue weighted by Crippen LogP contribution is -2.31. The first-order chi connectivity index (χ1) is 13.2. The molecule has 0 unspecified atom stereocenters. The van der Waals surface area contributed by atoms with E-state index in [1.54, 1.807) is 18.0 Å². The van der Waals surface area contributed by atoms with E-state index in [1.807, 2.05) is 12.1 Å². The monoisotopic (exact) mass is 399 g/mol. The molecule has 5 nitrogen and oxygen atoms in total. The number of rotatable bonds is 5. The van der Waals surface area contributed by atoms with Crippen molar-refractivity contribution >= 4 is 29.3 Å². The van der Waals surface area contributed by atoms with Gasteiger partial charge in [0.25, 0.3) is 0 Å². The summed E-state index contributed by atoms with van der Waals surface area (Å²) in [6, 6.07) is 12.4. The molecule has 0 aliphatic carbocycles. The van der Waals surface area contributed by atoms with Gasteiger partial charge in [-0.3, -0.25) is 4.57 Å². The molecule has 0 bridgehead atoms. The van der Waals surface area contributed by atoms with Crippen LogP contribution >= 0.6 is 23.4 Å². The Morgan fingerprint density at radius 2 is 1.81 bits per heavy atom. The van der Waals surface area contributed by atoms with Crippen molar-refractivity contribution < 1.29 is 0 Å². The second-order valence-electron chi connectivity index (χ2n) is 6.78. The molecule has 1 aliphatic rings. The summed E-state index contributed by atoms with van der Waals surface area (Å²) >= 11 is 7.68. The van der Waals surface area contributed by atoms with Crippen molar-refractivity contribution in [1.29, 1.82) is 0 Å². The lowest BCUT2D eigenvalue weighted by molar-refractivity contribution is 0.564. The minimum atomic E-state index is 0.516. The van der Waals surface area contributed by atoms with Gasteiger partial charge in [0, 0.05) is 25.0 Å². The Bertz CT molecular complexity index is 903. The van der Waals surface area contributed by atoms with Crippen molar-refractivity contribution in [2.45, 2.75) is 37.1 Å². The molecular formula is C20H22ClN5S. The third-order valence-corrected chi connectivity index (χ3v) is 5.91. The first-order valence-electron chi connectivity index (χ1n) is 9.21. The second-order valence-corrected chi connectivity index (χ2v) is 8.11. The van der Waals surface area contributed by atoms with Crippen molar-refractivity contribution in [2.24, 2.45) is 0 Å². The maximum absolute atomic E-state index is 6.01. The maximum atomic E-state index is 6.01. The molecule has 0 atom stereocenters. The highest BCUT2D eigenvalue weighted by atomic mass is 35.5. The van der Waals surface area contributed by atoms with Gasteiger partial charge in [0.1, 0.15) is 5.15 Å². The second kappa shape index (κ2) is 8.31. The molecule has 0 radical (unpaired) electrons. The molecule has 0 spiro atoms. The van der Waals surface area contributed by atoms with E-state index in [1.165, 1.54) is 24.8 Å². The topological polar surface area (TPSA) is 46.8 Å². The molecule has 4 rings (SSSR count). The van der Waals surface area contributed by atoms with Crippen molar-refractivity contribution in [3.8, 4) is 5.69 Å². The summed E-state index contributed by atoms with van der Waals surface area (Å²) in [4.78, 5) is 6.40. The van der Waals surface area contributed by atoms with Gasteiger partial charge in [-0.05, 0) is 56.0 Å². The van der Waals surface area contributed by atoms with Gasteiger partial charge in [0.15, 0.2) is 5.16 Å². The van der Waals surface area contributed by atoms with Crippen molar-refractivity contribution in [3.63, 3.8) is 0 Å². The zero-order valence-electron chi connectivity index (χ0n) is 15.3. The zero-order chi connectivity index (χ0) is 18.6. The van der Waals surface area contributed by atoms with Gasteiger partial charge < -0.3 is 4.90 Å². The number of aromatic nitrogens is 4. The molecule has 1 aromatic carbocycles. The Labute approximate surface area is 168 Å². The normalized spacial score (nSPS) is 14.5. The van der Waals surface area contributed by atoms with Gasteiger partial charge in [-0.15, -0.1) is 10.2 Å². The Kier molecular flexibility index (Phi) is 5.64. The Morgan fingerprint density at radius 1 is 1.04 bits per heavy atom. The van der Waals surface area contributed by atoms with Gasteiger partial charge in [0.05, 0.1) is 5.69 Å². The number of hydrogen-bond acceptors (Lipinski definition) is 5. The van der Waals surface area contributed by atoms with Crippen molar-refractivity contribution in [3.05, 3.63) is 58.9 Å². The first kappa shape index (κ1) is 18.3. The first-order valence-corrected chi connectivity index (χ1v) is 10.6. The van der Waals surface area contributed by atoms with E-state index < -0.39 is 0 Å². The zero-order valence-corrected chi connectivity index (χ0v) is 16.9. The van der Waals surface area contributed by atoms with Gasteiger partial charge in [-0.1, -0.05) is 41.1 Å². The fourth-order valence-corrected chi connectivity index (χ4v) is 4.34. The third-order valence-electron chi connectivity index (χ3n) is 4.71. The lowest BCUT2D eigenvalue weighted by Gasteiger charge is -2.27. The SMILES string of the molecule is Cc1ccc(-n2c(SCc3ccnc(Cl)c3)nnc2N2CCCCC2)cc1. The number of thioether (sulfide) groups is 1. The molecule has 1 saturated heterocycles. The van der Waals surface area contributed by atoms with E-state index in [0.717, 1.165) is 41.2 Å². The third kappa shape index (κ3) is 4.28. The van der Waals surface area contributed by atoms with E-state index in [-0.39, 0.29) is 0 Å². The molecule has 3 heterocycles. The van der Waals surface area contributed by atoms with Crippen LogP contribution in [0.5, 0.6) is 0 Å². The number of aryl methyl sites for hydroxylation is 1. The average Bonchev–Trinajstić information content (AvgIpc) is 3.12. The van der Waals surface area contributed by atoms with Crippen LogP contribution in [-0.2, 0) is 5.75 Å². The summed E-state index contributed by atoms with van der Waals surface area (Å²) in [5, 5.41) is 10.5. The van der Waals surface area contributed by atoms with Crippen LogP contribution in [0.3, 0.4) is 0 Å². The van der Waals surface area contributed by atoms with Crippen LogP contribution in [0, 0.1) is 6.92 Å². The van der Waals surface area contributed by atoms with Crippen LogP contribution in [0.25, 0.3) is 5.69 Å². The van der Waals surface area contributed by atoms with Crippen molar-refractivity contribution in [1.82, 2.24) is 19.7 Å². The van der Waals surface area contributed by atoms with Crippen molar-refractivity contribution in [2.75, 3.05) is 18.0 Å². The number of benzene rings is 1. The van der Waals surface area contributed by atoms with Crippen LogP contribution in [-0.4, -0.2) is 32.8 Å². The molecule has 27 heavy (non-hydrogen) atoms. The predicted octanol–water partition coefficient (Wildman–Crippen LogP) is 4.91. The van der Waals surface area contributed by atoms with Crippen LogP contribution in [0.1, 0.15) is 30.4 Å². The van der Waals surface area contributed by atoms with Gasteiger partial charge in [-0.25, -0.2) is 4.98 Å². The highest BCUT2D eigenvalue weighted by Crippen LogP contribution is 2.30. The number of halogens is 1. The van der Waals surface area contributed by atoms with Crippen LogP contribution in [0.4, 0.5) is 5.95 Å². The highest BCUT2D eigenvalue weighted by molar-refractivity contribution is 7.98. The number of pyridine rings is 1. The summed E-state index contributed by atoms with van der Waals surface area (Å²) in [6.07, 6.45) is 5.44. The van der Waals surface area contributed by atoms with Gasteiger partial charge in [-0.2, -0.15) is 0 Å². The van der Waals surface area contributed by atoms with Gasteiger partial charge >= 0.3 is 0 Å². The minimum Gasteiger partial charge on any atom is -0.341 e. The Balaban J connectivity index is 1.65. The fraction of sp³-hybridized carbons (Fsp3) is 0.350. The predicted molar refractivity (Wildman–Crippen MR) is 111 cm³/mol. The molecule has 0 saturated carbocycles. The number of hydrogen-bond donors (Lipinski definition) is 0. The molecule has 3 aromatic rings. The lowest BCUT2D eigenvalue weighted by atomic mass is 10.1. The summed E-state index contributed by atoms with van der Waals surface area (Å²) < 4.78 is 2.18. The Hall–Kier alpha value is -2.05. The molecular weight excluding hydrogens is 378 g/mol. The molecule has 1 fully saturated rings. The minimum absolute atomic E-state index is 0.516. The smallest absolute Gasteiger partial charge is 0.232 e. The van der Waals surface area contributed by atoms with E-state index in [9.17, 15) is 0 Å². The van der Waals surface area contributed by atoms with E-state index in [4.69, 9.17) is 11.6 Å². The largest absolute Gasteiger partial charge is 0.341 e. The number of piperidine rings is 1. The van der Waals surface area contributed by atoms with Crippen LogP contribution in [0.15, 0.2) is 47.8 Å². The summed E-state index contributed by atoms with van der Waals surface area (Å²) in [7, 11) is 0. The standard InChI is InChI=1S/C20H22ClN5S/c1-15-5-7-17(8-6-15)26-19(25-11-3-2-4-12-25)23-24-20(26)27-14-16-9-10-22-18(21)13-16/h5-10,13H,2-4,11-12,14H2,1H3. The molecule has 7 heteroatoms. The van der Waals surface area contributed by atoms with Crippen LogP contribution < -0.4 is 4.90 Å². The molecule has 0 N–H and O–H groups in total. The Morgan fingerprint density at radius 3 is 2.56 bits per heavy atom. The summed E-state index contributed by atoms with van der Waals surface area (Å²) in [6.45, 7) is 4.17.